The predicted octanol–water partition coefficient (Wildman–Crippen LogP) is 2.58. The van der Waals surface area contributed by atoms with Gasteiger partial charge in [-0.2, -0.15) is 5.10 Å². The summed E-state index contributed by atoms with van der Waals surface area (Å²) in [6, 6.07) is 9.06. The minimum Gasteiger partial charge on any atom is -0.396 e. The molecule has 0 radical (unpaired) electrons. The summed E-state index contributed by atoms with van der Waals surface area (Å²) in [6.07, 6.45) is 0.663. The van der Waals surface area contributed by atoms with Gasteiger partial charge in [-0.05, 0) is 43.5 Å². The molecule has 22 heavy (non-hydrogen) atoms. The first-order chi connectivity index (χ1) is 10.5. The highest BCUT2D eigenvalue weighted by molar-refractivity contribution is 6.30. The van der Waals surface area contributed by atoms with E-state index in [2.05, 4.69) is 10.4 Å². The Labute approximate surface area is 134 Å². The van der Waals surface area contributed by atoms with E-state index >= 15 is 0 Å². The van der Waals surface area contributed by atoms with Gasteiger partial charge in [0.25, 0.3) is 5.91 Å². The number of rotatable bonds is 6. The van der Waals surface area contributed by atoms with Crippen LogP contribution in [0.15, 0.2) is 30.3 Å². The van der Waals surface area contributed by atoms with Crippen molar-refractivity contribution in [2.24, 2.45) is 5.92 Å². The van der Waals surface area contributed by atoms with Crippen LogP contribution in [-0.4, -0.2) is 33.9 Å². The summed E-state index contributed by atoms with van der Waals surface area (Å²) in [5, 5.41) is 16.7. The van der Waals surface area contributed by atoms with Gasteiger partial charge < -0.3 is 10.4 Å². The molecule has 2 N–H and O–H groups in total. The Kier molecular flexibility index (Phi) is 5.57. The van der Waals surface area contributed by atoms with Crippen molar-refractivity contribution in [1.29, 1.82) is 0 Å². The Morgan fingerprint density at radius 3 is 2.91 bits per heavy atom. The number of nitrogens with one attached hydrogen (secondary N) is 1. The number of carbonyl (C=O) groups excluding carboxylic acids is 1. The molecule has 1 aromatic heterocycles. The summed E-state index contributed by atoms with van der Waals surface area (Å²) in [7, 11) is 0. The highest BCUT2D eigenvalue weighted by atomic mass is 35.5. The van der Waals surface area contributed by atoms with Crippen molar-refractivity contribution in [1.82, 2.24) is 15.1 Å². The van der Waals surface area contributed by atoms with Gasteiger partial charge in [-0.3, -0.25) is 4.79 Å². The Hall–Kier alpha value is -1.85. The van der Waals surface area contributed by atoms with Crippen LogP contribution in [-0.2, 0) is 0 Å². The van der Waals surface area contributed by atoms with Crippen molar-refractivity contribution in [3.05, 3.63) is 46.7 Å². The lowest BCUT2D eigenvalue weighted by Gasteiger charge is -2.09. The average molecular weight is 322 g/mol. The summed E-state index contributed by atoms with van der Waals surface area (Å²) in [4.78, 5) is 12.1. The van der Waals surface area contributed by atoms with Crippen molar-refractivity contribution < 1.29 is 9.90 Å². The zero-order chi connectivity index (χ0) is 16.1. The number of benzene rings is 1. The molecule has 0 unspecified atom stereocenters. The molecule has 1 amide bonds. The average Bonchev–Trinajstić information content (AvgIpc) is 2.87. The fraction of sp³-hybridized carbons (Fsp3) is 0.375. The molecule has 5 nitrogen and oxygen atoms in total. The number of carbonyl (C=O) groups is 1. The van der Waals surface area contributed by atoms with Gasteiger partial charge in [-0.15, -0.1) is 0 Å². The van der Waals surface area contributed by atoms with E-state index < -0.39 is 0 Å². The molecule has 0 saturated heterocycles. The third-order valence-electron chi connectivity index (χ3n) is 3.41. The first-order valence-electron chi connectivity index (χ1n) is 7.23. The standard InChI is InChI=1S/C16H20ClN3O2/c1-11(6-7-21)10-18-16(22)15-8-12(2)20(19-15)14-5-3-4-13(17)9-14/h3-5,8-9,11,21H,6-7,10H2,1-2H3,(H,18,22)/t11-/m0/s1. The Morgan fingerprint density at radius 2 is 2.23 bits per heavy atom. The lowest BCUT2D eigenvalue weighted by atomic mass is 10.1. The van der Waals surface area contributed by atoms with Crippen molar-refractivity contribution in [2.75, 3.05) is 13.2 Å². The molecule has 0 aliphatic carbocycles. The normalized spacial score (nSPS) is 12.2. The molecule has 2 rings (SSSR count). The van der Waals surface area contributed by atoms with E-state index in [1.807, 2.05) is 26.0 Å². The molecular formula is C16H20ClN3O2. The van der Waals surface area contributed by atoms with Crippen molar-refractivity contribution in [2.45, 2.75) is 20.3 Å². The van der Waals surface area contributed by atoms with Gasteiger partial charge in [0.05, 0.1) is 5.69 Å². The molecule has 0 saturated carbocycles. The Bertz CT molecular complexity index is 655. The summed E-state index contributed by atoms with van der Waals surface area (Å²) < 4.78 is 1.69. The van der Waals surface area contributed by atoms with Gasteiger partial charge in [0.15, 0.2) is 5.69 Å². The van der Waals surface area contributed by atoms with E-state index in [4.69, 9.17) is 16.7 Å². The number of nitrogens with zero attached hydrogens (tertiary/aromatic N) is 2. The maximum absolute atomic E-state index is 12.1. The van der Waals surface area contributed by atoms with Crippen LogP contribution in [0, 0.1) is 12.8 Å². The van der Waals surface area contributed by atoms with Crippen LogP contribution in [0.1, 0.15) is 29.5 Å². The maximum Gasteiger partial charge on any atom is 0.271 e. The van der Waals surface area contributed by atoms with Gasteiger partial charge in [-0.1, -0.05) is 24.6 Å². The first-order valence-corrected chi connectivity index (χ1v) is 7.60. The molecule has 1 heterocycles. The molecule has 1 atom stereocenters. The number of aryl methyl sites for hydroxylation is 1. The van der Waals surface area contributed by atoms with Crippen molar-refractivity contribution in [3.63, 3.8) is 0 Å². The molecule has 0 fully saturated rings. The second-order valence-electron chi connectivity index (χ2n) is 5.39. The summed E-state index contributed by atoms with van der Waals surface area (Å²) >= 11 is 5.99. The van der Waals surface area contributed by atoms with E-state index in [0.29, 0.717) is 23.7 Å². The molecule has 0 aliphatic rings. The van der Waals surface area contributed by atoms with E-state index in [1.165, 1.54) is 0 Å². The second kappa shape index (κ2) is 7.42. The number of hydrogen-bond donors (Lipinski definition) is 2. The highest BCUT2D eigenvalue weighted by Gasteiger charge is 2.14. The summed E-state index contributed by atoms with van der Waals surface area (Å²) in [5.74, 6) is 0.0127. The largest absolute Gasteiger partial charge is 0.396 e. The zero-order valence-corrected chi connectivity index (χ0v) is 13.5. The van der Waals surface area contributed by atoms with Gasteiger partial charge in [0, 0.05) is 23.9 Å². The number of hydrogen-bond acceptors (Lipinski definition) is 3. The molecular weight excluding hydrogens is 302 g/mol. The second-order valence-corrected chi connectivity index (χ2v) is 5.83. The highest BCUT2D eigenvalue weighted by Crippen LogP contribution is 2.16. The summed E-state index contributed by atoms with van der Waals surface area (Å²) in [6.45, 7) is 4.51. The predicted molar refractivity (Wildman–Crippen MR) is 86.5 cm³/mol. The van der Waals surface area contributed by atoms with Crippen LogP contribution in [0.3, 0.4) is 0 Å². The van der Waals surface area contributed by atoms with Gasteiger partial charge >= 0.3 is 0 Å². The smallest absolute Gasteiger partial charge is 0.271 e. The fourth-order valence-corrected chi connectivity index (χ4v) is 2.32. The van der Waals surface area contributed by atoms with Crippen LogP contribution >= 0.6 is 11.6 Å². The lowest BCUT2D eigenvalue weighted by molar-refractivity contribution is 0.0940. The Morgan fingerprint density at radius 1 is 1.45 bits per heavy atom. The van der Waals surface area contributed by atoms with Crippen LogP contribution in [0.4, 0.5) is 0 Å². The first kappa shape index (κ1) is 16.5. The number of aliphatic hydroxyl groups is 1. The Balaban J connectivity index is 2.11. The third kappa shape index (κ3) is 4.08. The number of aliphatic hydroxyl groups excluding tert-OH is 1. The van der Waals surface area contributed by atoms with E-state index in [-0.39, 0.29) is 18.4 Å². The molecule has 1 aromatic carbocycles. The molecule has 0 bridgehead atoms. The number of aromatic nitrogens is 2. The van der Waals surface area contributed by atoms with E-state index in [0.717, 1.165) is 11.4 Å². The van der Waals surface area contributed by atoms with Gasteiger partial charge in [-0.25, -0.2) is 4.68 Å². The molecule has 0 aliphatic heterocycles. The van der Waals surface area contributed by atoms with Crippen LogP contribution in [0.25, 0.3) is 5.69 Å². The van der Waals surface area contributed by atoms with Crippen molar-refractivity contribution in [3.8, 4) is 5.69 Å². The monoisotopic (exact) mass is 321 g/mol. The van der Waals surface area contributed by atoms with Crippen LogP contribution in [0.5, 0.6) is 0 Å². The van der Waals surface area contributed by atoms with E-state index in [1.54, 1.807) is 22.9 Å². The van der Waals surface area contributed by atoms with Gasteiger partial charge in [0.2, 0.25) is 0 Å². The molecule has 118 valence electrons. The van der Waals surface area contributed by atoms with E-state index in [9.17, 15) is 4.79 Å². The summed E-state index contributed by atoms with van der Waals surface area (Å²) in [5.41, 5.74) is 2.04. The molecule has 0 spiro atoms. The molecule has 2 aromatic rings. The van der Waals surface area contributed by atoms with Crippen molar-refractivity contribution >= 4 is 17.5 Å². The number of halogens is 1. The molecule has 6 heteroatoms. The topological polar surface area (TPSA) is 67.2 Å². The minimum absolute atomic E-state index is 0.125. The maximum atomic E-state index is 12.1. The SMILES string of the molecule is Cc1cc(C(=O)NC[C@@H](C)CCO)nn1-c1cccc(Cl)c1. The third-order valence-corrected chi connectivity index (χ3v) is 3.64. The quantitative estimate of drug-likeness (QED) is 0.859. The van der Waals surface area contributed by atoms with Crippen LogP contribution in [0.2, 0.25) is 5.02 Å². The number of amides is 1. The minimum atomic E-state index is -0.214. The van der Waals surface area contributed by atoms with Gasteiger partial charge in [0.1, 0.15) is 0 Å². The van der Waals surface area contributed by atoms with Crippen LogP contribution < -0.4 is 5.32 Å². The lowest BCUT2D eigenvalue weighted by Crippen LogP contribution is -2.29. The fourth-order valence-electron chi connectivity index (χ4n) is 2.13. The zero-order valence-electron chi connectivity index (χ0n) is 12.7.